The number of hydrogen-bond donors (Lipinski definition) is 1. The number of nitrogens with one attached hydrogen (secondary N) is 1. The van der Waals surface area contributed by atoms with Crippen molar-refractivity contribution >= 4 is 29.3 Å². The molecule has 5 nitrogen and oxygen atoms in total. The fourth-order valence-corrected chi connectivity index (χ4v) is 3.06. The molecular formula is C21H14ClF3N4O. The highest BCUT2D eigenvalue weighted by Gasteiger charge is 2.33. The Hall–Kier alpha value is -3.57. The summed E-state index contributed by atoms with van der Waals surface area (Å²) < 4.78 is 40.9. The van der Waals surface area contributed by atoms with Crippen molar-refractivity contribution in [3.8, 4) is 11.8 Å². The maximum atomic E-state index is 13.1. The highest BCUT2D eigenvalue weighted by atomic mass is 35.5. The van der Waals surface area contributed by atoms with Crippen LogP contribution >= 0.6 is 11.6 Å². The summed E-state index contributed by atoms with van der Waals surface area (Å²) in [4.78, 5) is 12.5. The number of nitriles is 1. The number of aryl methyl sites for hydroxylation is 1. The van der Waals surface area contributed by atoms with Crippen molar-refractivity contribution < 1.29 is 18.0 Å². The smallest absolute Gasteiger partial charge is 0.321 e. The molecule has 0 saturated carbocycles. The van der Waals surface area contributed by atoms with Crippen LogP contribution in [-0.4, -0.2) is 15.7 Å². The molecule has 0 radical (unpaired) electrons. The number of anilines is 1. The van der Waals surface area contributed by atoms with Crippen LogP contribution in [0.4, 0.5) is 18.9 Å². The first kappa shape index (κ1) is 21.1. The van der Waals surface area contributed by atoms with Gasteiger partial charge in [0.15, 0.2) is 0 Å². The van der Waals surface area contributed by atoms with Crippen molar-refractivity contribution in [2.24, 2.45) is 0 Å². The first-order valence-electron chi connectivity index (χ1n) is 8.62. The normalized spacial score (nSPS) is 11.8. The van der Waals surface area contributed by atoms with Crippen LogP contribution in [0.25, 0.3) is 11.8 Å². The Kier molecular flexibility index (Phi) is 5.94. The highest BCUT2D eigenvalue weighted by Crippen LogP contribution is 2.35. The fourth-order valence-electron chi connectivity index (χ4n) is 2.74. The number of rotatable bonds is 4. The predicted octanol–water partition coefficient (Wildman–Crippen LogP) is 5.40. The van der Waals surface area contributed by atoms with E-state index in [2.05, 4.69) is 10.4 Å². The Balaban J connectivity index is 1.95. The summed E-state index contributed by atoms with van der Waals surface area (Å²) in [6, 6.07) is 15.2. The molecule has 0 spiro atoms. The number of carbonyl (C=O) groups excluding carboxylic acids is 1. The summed E-state index contributed by atoms with van der Waals surface area (Å²) in [5.74, 6) is -0.989. The van der Waals surface area contributed by atoms with E-state index < -0.39 is 28.9 Å². The lowest BCUT2D eigenvalue weighted by Gasteiger charge is -2.13. The van der Waals surface area contributed by atoms with E-state index >= 15 is 0 Å². The lowest BCUT2D eigenvalue weighted by Crippen LogP contribution is -2.17. The summed E-state index contributed by atoms with van der Waals surface area (Å²) in [6.07, 6.45) is -3.45. The average molecular weight is 431 g/mol. The Labute approximate surface area is 175 Å². The Morgan fingerprint density at radius 3 is 2.43 bits per heavy atom. The number of halogens is 4. The zero-order valence-corrected chi connectivity index (χ0v) is 16.3. The average Bonchev–Trinajstić information content (AvgIpc) is 3.00. The van der Waals surface area contributed by atoms with Gasteiger partial charge in [0.25, 0.3) is 5.91 Å². The molecular weight excluding hydrogens is 417 g/mol. The molecule has 0 aliphatic heterocycles. The third-order valence-electron chi connectivity index (χ3n) is 4.18. The van der Waals surface area contributed by atoms with E-state index in [1.54, 1.807) is 37.3 Å². The topological polar surface area (TPSA) is 70.7 Å². The number of hydrogen-bond acceptors (Lipinski definition) is 3. The lowest BCUT2D eigenvalue weighted by atomic mass is 10.1. The minimum Gasteiger partial charge on any atom is -0.321 e. The third-order valence-corrected chi connectivity index (χ3v) is 4.55. The maximum Gasteiger partial charge on any atom is 0.418 e. The van der Waals surface area contributed by atoms with E-state index in [0.717, 1.165) is 12.1 Å². The molecule has 0 aliphatic carbocycles. The highest BCUT2D eigenvalue weighted by molar-refractivity contribution is 6.31. The number of alkyl halides is 3. The van der Waals surface area contributed by atoms with Gasteiger partial charge in [-0.2, -0.15) is 23.5 Å². The van der Waals surface area contributed by atoms with Crippen molar-refractivity contribution in [3.63, 3.8) is 0 Å². The van der Waals surface area contributed by atoms with Gasteiger partial charge in [-0.1, -0.05) is 41.9 Å². The SMILES string of the molecule is Cc1nn(-c2ccccc2)c(Cl)c1/C=C(\C#N)C(=O)Nc1ccccc1C(F)(F)F. The number of amides is 1. The molecule has 1 N–H and O–H groups in total. The molecule has 1 heterocycles. The van der Waals surface area contributed by atoms with E-state index in [0.29, 0.717) is 16.9 Å². The van der Waals surface area contributed by atoms with Gasteiger partial charge in [0.05, 0.1) is 22.6 Å². The van der Waals surface area contributed by atoms with Gasteiger partial charge in [-0.25, -0.2) is 4.68 Å². The molecule has 0 aliphatic rings. The van der Waals surface area contributed by atoms with Crippen molar-refractivity contribution in [2.45, 2.75) is 13.1 Å². The van der Waals surface area contributed by atoms with Gasteiger partial charge in [-0.3, -0.25) is 4.79 Å². The predicted molar refractivity (Wildman–Crippen MR) is 107 cm³/mol. The number of aromatic nitrogens is 2. The van der Waals surface area contributed by atoms with E-state index in [9.17, 15) is 23.2 Å². The van der Waals surface area contributed by atoms with E-state index in [-0.39, 0.29) is 5.15 Å². The van der Waals surface area contributed by atoms with Gasteiger partial charge >= 0.3 is 6.18 Å². The summed E-state index contributed by atoms with van der Waals surface area (Å²) in [5, 5.41) is 16.0. The number of benzene rings is 2. The largest absolute Gasteiger partial charge is 0.418 e. The summed E-state index contributed by atoms with van der Waals surface area (Å²) in [7, 11) is 0. The van der Waals surface area contributed by atoms with Gasteiger partial charge in [0, 0.05) is 5.56 Å². The Morgan fingerprint density at radius 1 is 1.17 bits per heavy atom. The molecule has 1 aromatic heterocycles. The molecule has 2 aromatic carbocycles. The van der Waals surface area contributed by atoms with Gasteiger partial charge < -0.3 is 5.32 Å². The van der Waals surface area contributed by atoms with Crippen molar-refractivity contribution in [1.29, 1.82) is 5.26 Å². The molecule has 0 atom stereocenters. The van der Waals surface area contributed by atoms with Crippen LogP contribution in [0.5, 0.6) is 0 Å². The lowest BCUT2D eigenvalue weighted by molar-refractivity contribution is -0.137. The number of para-hydroxylation sites is 2. The molecule has 9 heteroatoms. The molecule has 0 fully saturated rings. The van der Waals surface area contributed by atoms with Gasteiger partial charge in [-0.15, -0.1) is 0 Å². The van der Waals surface area contributed by atoms with Gasteiger partial charge in [0.1, 0.15) is 16.8 Å². The standard InChI is InChI=1S/C21H14ClF3N4O/c1-13-16(19(22)29(28-13)15-7-3-2-4-8-15)11-14(12-26)20(30)27-18-10-6-5-9-17(18)21(23,24)25/h2-11H,1H3,(H,27,30)/b14-11+. The second-order valence-corrected chi connectivity index (χ2v) is 6.56. The first-order chi connectivity index (χ1) is 14.2. The van der Waals surface area contributed by atoms with Crippen molar-refractivity contribution in [2.75, 3.05) is 5.32 Å². The van der Waals surface area contributed by atoms with Crippen molar-refractivity contribution in [1.82, 2.24) is 9.78 Å². The van der Waals surface area contributed by atoms with Crippen molar-refractivity contribution in [3.05, 3.63) is 82.1 Å². The monoisotopic (exact) mass is 430 g/mol. The minimum atomic E-state index is -4.66. The van der Waals surface area contributed by atoms with Crippen LogP contribution in [0.15, 0.2) is 60.2 Å². The minimum absolute atomic E-state index is 0.162. The second kappa shape index (κ2) is 8.43. The molecule has 0 unspecified atom stereocenters. The van der Waals surface area contributed by atoms with Crippen LogP contribution < -0.4 is 5.32 Å². The van der Waals surface area contributed by atoms with Crippen LogP contribution in [-0.2, 0) is 11.0 Å². The summed E-state index contributed by atoms with van der Waals surface area (Å²) in [6.45, 7) is 1.64. The molecule has 0 saturated heterocycles. The zero-order valence-electron chi connectivity index (χ0n) is 15.5. The van der Waals surface area contributed by atoms with Crippen LogP contribution in [0, 0.1) is 18.3 Å². The van der Waals surface area contributed by atoms with Crippen LogP contribution in [0.2, 0.25) is 5.15 Å². The number of carbonyl (C=O) groups is 1. The van der Waals surface area contributed by atoms with E-state index in [4.69, 9.17) is 11.6 Å². The second-order valence-electron chi connectivity index (χ2n) is 6.20. The molecule has 3 rings (SSSR count). The Bertz CT molecular complexity index is 1160. The number of nitrogens with zero attached hydrogens (tertiary/aromatic N) is 3. The third kappa shape index (κ3) is 4.36. The van der Waals surface area contributed by atoms with Crippen LogP contribution in [0.3, 0.4) is 0 Å². The molecule has 1 amide bonds. The Morgan fingerprint density at radius 2 is 1.80 bits per heavy atom. The summed E-state index contributed by atoms with van der Waals surface area (Å²) >= 11 is 6.38. The van der Waals surface area contributed by atoms with E-state index in [1.165, 1.54) is 22.9 Å². The fraction of sp³-hybridized carbons (Fsp3) is 0.0952. The molecule has 0 bridgehead atoms. The summed E-state index contributed by atoms with van der Waals surface area (Å²) in [5.41, 5.74) is -0.436. The first-order valence-corrected chi connectivity index (χ1v) is 9.00. The zero-order chi connectivity index (χ0) is 21.9. The molecule has 30 heavy (non-hydrogen) atoms. The van der Waals surface area contributed by atoms with Gasteiger partial charge in [0.2, 0.25) is 0 Å². The van der Waals surface area contributed by atoms with E-state index in [1.807, 2.05) is 6.07 Å². The molecule has 152 valence electrons. The van der Waals surface area contributed by atoms with Gasteiger partial charge in [-0.05, 0) is 37.3 Å². The quantitative estimate of drug-likeness (QED) is 0.445. The molecule has 3 aromatic rings. The van der Waals surface area contributed by atoms with Crippen LogP contribution in [0.1, 0.15) is 16.8 Å². The maximum absolute atomic E-state index is 13.1.